The number of alkyl halides is 3. The first-order chi connectivity index (χ1) is 20.9. The molecule has 2 aliphatic rings. The van der Waals surface area contributed by atoms with Gasteiger partial charge in [-0.05, 0) is 49.4 Å². The van der Waals surface area contributed by atoms with Crippen molar-refractivity contribution in [3.63, 3.8) is 0 Å². The van der Waals surface area contributed by atoms with E-state index in [1.54, 1.807) is 43.0 Å². The van der Waals surface area contributed by atoms with Crippen molar-refractivity contribution < 1.29 is 27.5 Å². The van der Waals surface area contributed by atoms with Crippen molar-refractivity contribution in [2.75, 3.05) is 37.5 Å². The summed E-state index contributed by atoms with van der Waals surface area (Å²) in [7, 11) is 5.24. The number of pyridine rings is 1. The number of carbonyl (C=O) groups is 2. The number of rotatable bonds is 11. The van der Waals surface area contributed by atoms with Crippen LogP contribution in [0.1, 0.15) is 60.9 Å². The largest absolute Gasteiger partial charge is 0.403 e. The molecule has 5 rings (SSSR count). The van der Waals surface area contributed by atoms with Crippen LogP contribution in [0, 0.1) is 5.41 Å². The summed E-state index contributed by atoms with van der Waals surface area (Å²) in [5.41, 5.74) is 0.152. The van der Waals surface area contributed by atoms with Gasteiger partial charge in [0, 0.05) is 40.3 Å². The number of anilines is 3. The van der Waals surface area contributed by atoms with Gasteiger partial charge in [-0.1, -0.05) is 36.9 Å². The SMILES string of the molecule is COCCN(C)c1nc2c(cc1C(=O)NC1CCCCC1)nc(Nc1cc(CNC(=O)C3(C(F)(F)F)CC3)ccc1Cl)n2C. The highest BCUT2D eigenvalue weighted by Crippen LogP contribution is 2.57. The van der Waals surface area contributed by atoms with E-state index in [0.29, 0.717) is 57.9 Å². The molecule has 3 N–H and O–H groups in total. The molecular weight excluding hydrogens is 599 g/mol. The van der Waals surface area contributed by atoms with Crippen molar-refractivity contribution in [1.29, 1.82) is 0 Å². The normalized spacial score (nSPS) is 16.5. The summed E-state index contributed by atoms with van der Waals surface area (Å²) in [5, 5.41) is 9.11. The number of aryl methyl sites for hydroxylation is 1. The van der Waals surface area contributed by atoms with Gasteiger partial charge in [0.05, 0.1) is 22.9 Å². The Kier molecular flexibility index (Phi) is 9.26. The zero-order chi connectivity index (χ0) is 31.6. The highest BCUT2D eigenvalue weighted by atomic mass is 35.5. The minimum Gasteiger partial charge on any atom is -0.383 e. The first-order valence-electron chi connectivity index (χ1n) is 14.7. The third kappa shape index (κ3) is 6.58. The maximum Gasteiger partial charge on any atom is 0.403 e. The summed E-state index contributed by atoms with van der Waals surface area (Å²) >= 11 is 6.45. The second-order valence-electron chi connectivity index (χ2n) is 11.6. The van der Waals surface area contributed by atoms with Crippen LogP contribution < -0.4 is 20.9 Å². The number of methoxy groups -OCH3 is 1. The number of carbonyl (C=O) groups excluding carboxylic acids is 2. The van der Waals surface area contributed by atoms with Crippen LogP contribution in [-0.2, 0) is 23.1 Å². The van der Waals surface area contributed by atoms with Crippen molar-refractivity contribution in [3.8, 4) is 0 Å². The highest BCUT2D eigenvalue weighted by Gasteiger charge is 2.68. The fraction of sp³-hybridized carbons (Fsp3) is 0.533. The number of hydrogen-bond donors (Lipinski definition) is 3. The molecule has 0 aliphatic heterocycles. The standard InChI is InChI=1S/C30H37ClF3N7O3/c1-40(13-14-44-3)24-20(26(42)36-19-7-5-4-6-8-19)16-23-25(39-24)41(2)28(38-23)37-22-15-18(9-10-21(22)31)17-35-27(43)29(11-12-29)30(32,33)34/h9-10,15-16,19H,4-8,11-14,17H2,1-3H3,(H,35,43)(H,36,42)(H,37,38). The van der Waals surface area contributed by atoms with E-state index in [1.165, 1.54) is 6.42 Å². The van der Waals surface area contributed by atoms with E-state index in [2.05, 4.69) is 20.9 Å². The Balaban J connectivity index is 1.39. The van der Waals surface area contributed by atoms with Gasteiger partial charge in [0.2, 0.25) is 11.9 Å². The third-order valence-corrected chi connectivity index (χ3v) is 8.79. The summed E-state index contributed by atoms with van der Waals surface area (Å²) < 4.78 is 46.9. The predicted molar refractivity (Wildman–Crippen MR) is 162 cm³/mol. The molecule has 44 heavy (non-hydrogen) atoms. The summed E-state index contributed by atoms with van der Waals surface area (Å²) in [4.78, 5) is 37.2. The van der Waals surface area contributed by atoms with Gasteiger partial charge in [0.15, 0.2) is 5.65 Å². The number of hydrogen-bond acceptors (Lipinski definition) is 7. The van der Waals surface area contributed by atoms with Crippen LogP contribution in [0.25, 0.3) is 11.2 Å². The molecule has 238 valence electrons. The van der Waals surface area contributed by atoms with Gasteiger partial charge in [-0.15, -0.1) is 0 Å². The van der Waals surface area contributed by atoms with Gasteiger partial charge in [0.1, 0.15) is 16.7 Å². The minimum absolute atomic E-state index is 0.0940. The zero-order valence-corrected chi connectivity index (χ0v) is 25.7. The number of likely N-dealkylation sites (N-methyl/N-ethyl adjacent to an activating group) is 1. The van der Waals surface area contributed by atoms with Crippen LogP contribution in [0.15, 0.2) is 24.3 Å². The van der Waals surface area contributed by atoms with Crippen LogP contribution >= 0.6 is 11.6 Å². The lowest BCUT2D eigenvalue weighted by atomic mass is 9.95. The summed E-state index contributed by atoms with van der Waals surface area (Å²) in [6.45, 7) is 0.874. The number of ether oxygens (including phenoxy) is 1. The fourth-order valence-corrected chi connectivity index (χ4v) is 5.70. The molecule has 2 aliphatic carbocycles. The lowest BCUT2D eigenvalue weighted by molar-refractivity contribution is -0.192. The number of fused-ring (bicyclic) bond motifs is 1. The topological polar surface area (TPSA) is 113 Å². The fourth-order valence-electron chi connectivity index (χ4n) is 5.53. The van der Waals surface area contributed by atoms with Crippen LogP contribution in [-0.4, -0.2) is 65.9 Å². The van der Waals surface area contributed by atoms with Gasteiger partial charge in [-0.25, -0.2) is 9.97 Å². The first-order valence-corrected chi connectivity index (χ1v) is 15.1. The molecule has 2 heterocycles. The maximum absolute atomic E-state index is 13.5. The van der Waals surface area contributed by atoms with E-state index in [-0.39, 0.29) is 31.3 Å². The number of nitrogens with zero attached hydrogens (tertiary/aromatic N) is 4. The van der Waals surface area contributed by atoms with Crippen molar-refractivity contribution >= 4 is 52.0 Å². The van der Waals surface area contributed by atoms with E-state index in [1.807, 2.05) is 11.9 Å². The molecule has 1 aromatic carbocycles. The quantitative estimate of drug-likeness (QED) is 0.256. The maximum atomic E-state index is 13.5. The lowest BCUT2D eigenvalue weighted by Gasteiger charge is -2.25. The number of imidazole rings is 1. The molecule has 2 aromatic heterocycles. The number of aromatic nitrogens is 3. The van der Waals surface area contributed by atoms with E-state index >= 15 is 0 Å². The molecule has 10 nitrogen and oxygen atoms in total. The monoisotopic (exact) mass is 635 g/mol. The van der Waals surface area contributed by atoms with Crippen molar-refractivity contribution in [3.05, 3.63) is 40.4 Å². The zero-order valence-electron chi connectivity index (χ0n) is 25.0. The molecule has 0 bridgehead atoms. The molecule has 0 saturated heterocycles. The number of benzene rings is 1. The Morgan fingerprint density at radius 3 is 2.55 bits per heavy atom. The molecule has 2 saturated carbocycles. The van der Waals surface area contributed by atoms with Gasteiger partial charge in [0.25, 0.3) is 5.91 Å². The average molecular weight is 636 g/mol. The molecule has 0 atom stereocenters. The average Bonchev–Trinajstić information content (AvgIpc) is 3.77. The number of amides is 2. The molecule has 3 aromatic rings. The van der Waals surface area contributed by atoms with Crippen LogP contribution in [0.4, 0.5) is 30.6 Å². The van der Waals surface area contributed by atoms with Crippen LogP contribution in [0.3, 0.4) is 0 Å². The van der Waals surface area contributed by atoms with E-state index in [9.17, 15) is 22.8 Å². The molecule has 2 amide bonds. The van der Waals surface area contributed by atoms with Gasteiger partial charge in [-0.3, -0.25) is 14.2 Å². The predicted octanol–water partition coefficient (Wildman–Crippen LogP) is 5.47. The molecule has 0 unspecified atom stereocenters. The van der Waals surface area contributed by atoms with Crippen LogP contribution in [0.2, 0.25) is 5.02 Å². The van der Waals surface area contributed by atoms with E-state index < -0.39 is 17.5 Å². The Bertz CT molecular complexity index is 1530. The highest BCUT2D eigenvalue weighted by molar-refractivity contribution is 6.33. The number of halogens is 4. The Hall–Kier alpha value is -3.58. The molecule has 0 spiro atoms. The summed E-state index contributed by atoms with van der Waals surface area (Å²) in [6, 6.07) is 6.73. The van der Waals surface area contributed by atoms with E-state index in [4.69, 9.17) is 21.3 Å². The molecule has 0 radical (unpaired) electrons. The summed E-state index contributed by atoms with van der Waals surface area (Å²) in [5.74, 6) is -0.340. The Labute approximate surface area is 258 Å². The molecule has 14 heteroatoms. The van der Waals surface area contributed by atoms with Crippen molar-refractivity contribution in [2.45, 2.75) is 63.7 Å². The smallest absolute Gasteiger partial charge is 0.383 e. The van der Waals surface area contributed by atoms with Gasteiger partial charge < -0.3 is 25.6 Å². The van der Waals surface area contributed by atoms with Crippen molar-refractivity contribution in [1.82, 2.24) is 25.2 Å². The Morgan fingerprint density at radius 1 is 1.16 bits per heavy atom. The lowest BCUT2D eigenvalue weighted by Crippen LogP contribution is -2.40. The van der Waals surface area contributed by atoms with Gasteiger partial charge >= 0.3 is 6.18 Å². The third-order valence-electron chi connectivity index (χ3n) is 8.46. The number of nitrogens with one attached hydrogen (secondary N) is 3. The summed E-state index contributed by atoms with van der Waals surface area (Å²) in [6.07, 6.45) is 0.253. The minimum atomic E-state index is -4.58. The molecule has 2 fully saturated rings. The second-order valence-corrected chi connectivity index (χ2v) is 12.0. The van der Waals surface area contributed by atoms with Crippen LogP contribution in [0.5, 0.6) is 0 Å². The first kappa shape index (κ1) is 31.8. The second kappa shape index (κ2) is 12.8. The van der Waals surface area contributed by atoms with Gasteiger partial charge in [-0.2, -0.15) is 13.2 Å². The van der Waals surface area contributed by atoms with Crippen molar-refractivity contribution in [2.24, 2.45) is 12.5 Å². The van der Waals surface area contributed by atoms with E-state index in [0.717, 1.165) is 25.7 Å². The Morgan fingerprint density at radius 2 is 1.89 bits per heavy atom. The molecular formula is C30H37ClF3N7O3.